The van der Waals surface area contributed by atoms with Gasteiger partial charge in [0, 0.05) is 18.3 Å². The van der Waals surface area contributed by atoms with E-state index in [0.717, 1.165) is 22.7 Å². The molecule has 4 nitrogen and oxygen atoms in total. The predicted octanol–water partition coefficient (Wildman–Crippen LogP) is 4.49. The van der Waals surface area contributed by atoms with Crippen molar-refractivity contribution in [2.75, 3.05) is 5.32 Å². The highest BCUT2D eigenvalue weighted by Gasteiger charge is 2.13. The number of hydrogen-bond acceptors (Lipinski definition) is 3. The minimum atomic E-state index is 0.645. The van der Waals surface area contributed by atoms with E-state index < -0.39 is 0 Å². The number of nitriles is 1. The number of nitrogens with one attached hydrogen (secondary N) is 1. The lowest BCUT2D eigenvalue weighted by molar-refractivity contribution is 1.08. The summed E-state index contributed by atoms with van der Waals surface area (Å²) in [6, 6.07) is 25.9. The summed E-state index contributed by atoms with van der Waals surface area (Å²) in [5, 5.41) is 12.5. The highest BCUT2D eigenvalue weighted by Crippen LogP contribution is 2.29. The summed E-state index contributed by atoms with van der Waals surface area (Å²) in [4.78, 5) is 4.77. The van der Waals surface area contributed by atoms with Gasteiger partial charge in [-0.25, -0.2) is 4.98 Å². The molecule has 0 aliphatic heterocycles. The molecule has 0 bridgehead atoms. The highest BCUT2D eigenvalue weighted by molar-refractivity contribution is 5.76. The molecule has 0 amide bonds. The van der Waals surface area contributed by atoms with E-state index in [2.05, 4.69) is 27.9 Å². The van der Waals surface area contributed by atoms with Crippen LogP contribution in [0.25, 0.3) is 16.9 Å². The molecule has 4 heteroatoms. The molecular weight excluding hydrogens is 308 g/mol. The number of fused-ring (bicyclic) bond motifs is 1. The molecule has 4 rings (SSSR count). The van der Waals surface area contributed by atoms with E-state index in [1.54, 1.807) is 0 Å². The van der Waals surface area contributed by atoms with Gasteiger partial charge in [0.1, 0.15) is 17.2 Å². The first-order valence-corrected chi connectivity index (χ1v) is 8.10. The maximum absolute atomic E-state index is 9.00. The Balaban J connectivity index is 1.76. The van der Waals surface area contributed by atoms with E-state index in [1.165, 1.54) is 5.56 Å². The van der Waals surface area contributed by atoms with Gasteiger partial charge in [0.15, 0.2) is 0 Å². The Bertz CT molecular complexity index is 1040. The first-order chi connectivity index (χ1) is 12.3. The molecule has 25 heavy (non-hydrogen) atoms. The van der Waals surface area contributed by atoms with E-state index in [0.29, 0.717) is 12.1 Å². The molecule has 0 atom stereocenters. The normalized spacial score (nSPS) is 10.5. The molecule has 4 aromatic rings. The van der Waals surface area contributed by atoms with Gasteiger partial charge in [-0.3, -0.25) is 4.40 Å². The summed E-state index contributed by atoms with van der Waals surface area (Å²) in [7, 11) is 0. The average Bonchev–Trinajstić information content (AvgIpc) is 3.06. The van der Waals surface area contributed by atoms with Gasteiger partial charge in [0.25, 0.3) is 0 Å². The molecule has 2 aromatic heterocycles. The summed E-state index contributed by atoms with van der Waals surface area (Å²) in [6.07, 6.45) is 2.00. The van der Waals surface area contributed by atoms with Crippen molar-refractivity contribution in [3.8, 4) is 17.3 Å². The van der Waals surface area contributed by atoms with Crippen LogP contribution in [-0.2, 0) is 6.54 Å². The summed E-state index contributed by atoms with van der Waals surface area (Å²) in [5.41, 5.74) is 4.60. The lowest BCUT2D eigenvalue weighted by Gasteiger charge is -2.09. The Labute approximate surface area is 146 Å². The zero-order valence-corrected chi connectivity index (χ0v) is 13.6. The SMILES string of the molecule is N#Cc1ccc(-c2nc3ccccn3c2NCc2ccccc2)cc1. The summed E-state index contributed by atoms with van der Waals surface area (Å²) in [5.74, 6) is 0.948. The zero-order valence-electron chi connectivity index (χ0n) is 13.6. The lowest BCUT2D eigenvalue weighted by atomic mass is 10.1. The van der Waals surface area contributed by atoms with E-state index in [1.807, 2.05) is 66.9 Å². The van der Waals surface area contributed by atoms with Gasteiger partial charge in [-0.2, -0.15) is 5.26 Å². The number of hydrogen-bond donors (Lipinski definition) is 1. The van der Waals surface area contributed by atoms with E-state index >= 15 is 0 Å². The molecule has 0 spiro atoms. The number of imidazole rings is 1. The van der Waals surface area contributed by atoms with Crippen LogP contribution in [0.5, 0.6) is 0 Å². The van der Waals surface area contributed by atoms with Gasteiger partial charge >= 0.3 is 0 Å². The smallest absolute Gasteiger partial charge is 0.139 e. The predicted molar refractivity (Wildman–Crippen MR) is 99.1 cm³/mol. The second-order valence-electron chi connectivity index (χ2n) is 5.77. The minimum absolute atomic E-state index is 0.645. The van der Waals surface area contributed by atoms with Crippen molar-refractivity contribution in [1.29, 1.82) is 5.26 Å². The maximum atomic E-state index is 9.00. The van der Waals surface area contributed by atoms with Gasteiger partial charge < -0.3 is 5.32 Å². The lowest BCUT2D eigenvalue weighted by Crippen LogP contribution is -2.03. The van der Waals surface area contributed by atoms with Crippen LogP contribution in [-0.4, -0.2) is 9.38 Å². The fourth-order valence-corrected chi connectivity index (χ4v) is 2.85. The molecule has 0 saturated heterocycles. The van der Waals surface area contributed by atoms with Crippen molar-refractivity contribution in [2.45, 2.75) is 6.54 Å². The van der Waals surface area contributed by atoms with Gasteiger partial charge in [-0.1, -0.05) is 48.5 Å². The second kappa shape index (κ2) is 6.50. The van der Waals surface area contributed by atoms with Crippen molar-refractivity contribution in [3.63, 3.8) is 0 Å². The molecule has 0 aliphatic carbocycles. The van der Waals surface area contributed by atoms with Crippen LogP contribution in [0.3, 0.4) is 0 Å². The highest BCUT2D eigenvalue weighted by atomic mass is 15.1. The van der Waals surface area contributed by atoms with Crippen LogP contribution in [0, 0.1) is 11.3 Å². The van der Waals surface area contributed by atoms with Crippen molar-refractivity contribution < 1.29 is 0 Å². The number of pyridine rings is 1. The van der Waals surface area contributed by atoms with Crippen LogP contribution < -0.4 is 5.32 Å². The standard InChI is InChI=1S/C21H16N4/c22-14-16-9-11-18(12-10-16)20-21(23-15-17-6-2-1-3-7-17)25-13-5-4-8-19(25)24-20/h1-13,23H,15H2. The summed E-state index contributed by atoms with van der Waals surface area (Å²) < 4.78 is 2.05. The van der Waals surface area contributed by atoms with Crippen LogP contribution in [0.2, 0.25) is 0 Å². The largest absolute Gasteiger partial charge is 0.365 e. The molecule has 0 saturated carbocycles. The zero-order chi connectivity index (χ0) is 17.1. The third kappa shape index (κ3) is 2.96. The fraction of sp³-hybridized carbons (Fsp3) is 0.0476. The first kappa shape index (κ1) is 15.0. The number of benzene rings is 2. The molecule has 120 valence electrons. The molecule has 2 aromatic carbocycles. The average molecular weight is 324 g/mol. The number of nitrogens with zero attached hydrogens (tertiary/aromatic N) is 3. The van der Waals surface area contributed by atoms with Crippen LogP contribution in [0.1, 0.15) is 11.1 Å². The fourth-order valence-electron chi connectivity index (χ4n) is 2.85. The topological polar surface area (TPSA) is 53.1 Å². The van der Waals surface area contributed by atoms with Crippen molar-refractivity contribution in [1.82, 2.24) is 9.38 Å². The number of rotatable bonds is 4. The summed E-state index contributed by atoms with van der Waals surface area (Å²) >= 11 is 0. The molecular formula is C21H16N4. The molecule has 0 radical (unpaired) electrons. The Morgan fingerprint density at radius 2 is 1.68 bits per heavy atom. The maximum Gasteiger partial charge on any atom is 0.139 e. The third-order valence-electron chi connectivity index (χ3n) is 4.12. The van der Waals surface area contributed by atoms with Crippen LogP contribution in [0.15, 0.2) is 79.0 Å². The van der Waals surface area contributed by atoms with Crippen molar-refractivity contribution in [3.05, 3.63) is 90.1 Å². The van der Waals surface area contributed by atoms with Crippen molar-refractivity contribution >= 4 is 11.5 Å². The van der Waals surface area contributed by atoms with Crippen molar-refractivity contribution in [2.24, 2.45) is 0 Å². The molecule has 1 N–H and O–H groups in total. The first-order valence-electron chi connectivity index (χ1n) is 8.10. The van der Waals surface area contributed by atoms with Gasteiger partial charge in [-0.05, 0) is 29.8 Å². The van der Waals surface area contributed by atoms with Crippen LogP contribution in [0.4, 0.5) is 5.82 Å². The van der Waals surface area contributed by atoms with E-state index in [4.69, 9.17) is 10.2 Å². The monoisotopic (exact) mass is 324 g/mol. The minimum Gasteiger partial charge on any atom is -0.365 e. The Hall–Kier alpha value is -3.58. The Morgan fingerprint density at radius 3 is 2.44 bits per heavy atom. The van der Waals surface area contributed by atoms with Crippen LogP contribution >= 0.6 is 0 Å². The van der Waals surface area contributed by atoms with E-state index in [-0.39, 0.29) is 0 Å². The van der Waals surface area contributed by atoms with Gasteiger partial charge in [0.2, 0.25) is 0 Å². The quantitative estimate of drug-likeness (QED) is 0.602. The van der Waals surface area contributed by atoms with Gasteiger partial charge in [-0.15, -0.1) is 0 Å². The Kier molecular flexibility index (Phi) is 3.89. The number of aromatic nitrogens is 2. The number of anilines is 1. The van der Waals surface area contributed by atoms with Gasteiger partial charge in [0.05, 0.1) is 11.6 Å². The van der Waals surface area contributed by atoms with E-state index in [9.17, 15) is 0 Å². The second-order valence-corrected chi connectivity index (χ2v) is 5.77. The molecule has 0 fully saturated rings. The molecule has 0 unspecified atom stereocenters. The Morgan fingerprint density at radius 1 is 0.920 bits per heavy atom. The third-order valence-corrected chi connectivity index (χ3v) is 4.12. The molecule has 2 heterocycles. The molecule has 0 aliphatic rings. The summed E-state index contributed by atoms with van der Waals surface area (Å²) in [6.45, 7) is 0.715.